The van der Waals surface area contributed by atoms with E-state index >= 15 is 0 Å². The highest BCUT2D eigenvalue weighted by Gasteiger charge is 2.37. The molecule has 1 saturated carbocycles. The molecular weight excluding hydrogens is 206 g/mol. The first kappa shape index (κ1) is 12.2. The third-order valence-electron chi connectivity index (χ3n) is 3.91. The monoisotopic (exact) mass is 227 g/mol. The first-order valence-corrected chi connectivity index (χ1v) is 6.46. The summed E-state index contributed by atoms with van der Waals surface area (Å²) in [5.74, 6) is 0. The van der Waals surface area contributed by atoms with Crippen LogP contribution in [0.2, 0.25) is 0 Å². The minimum absolute atomic E-state index is 0.0523. The Morgan fingerprint density at radius 1 is 1.18 bits per heavy atom. The van der Waals surface area contributed by atoms with Gasteiger partial charge in [-0.15, -0.1) is 0 Å². The molecule has 0 saturated heterocycles. The summed E-state index contributed by atoms with van der Waals surface area (Å²) in [7, 11) is 0. The Morgan fingerprint density at radius 2 is 1.76 bits per heavy atom. The van der Waals surface area contributed by atoms with Crippen molar-refractivity contribution in [2.45, 2.75) is 51.9 Å². The van der Waals surface area contributed by atoms with Crippen molar-refractivity contribution in [3.8, 4) is 6.07 Å². The van der Waals surface area contributed by atoms with Crippen LogP contribution in [0.25, 0.3) is 0 Å². The SMILES string of the molecule is CC(C)(C)c1ccc(CC2(C#N)CCC2)cc1. The molecule has 17 heavy (non-hydrogen) atoms. The van der Waals surface area contributed by atoms with Crippen molar-refractivity contribution in [1.82, 2.24) is 0 Å². The molecule has 0 atom stereocenters. The summed E-state index contributed by atoms with van der Waals surface area (Å²) in [6.07, 6.45) is 4.29. The molecule has 1 aromatic rings. The standard InChI is InChI=1S/C16H21N/c1-15(2,3)14-7-5-13(6-8-14)11-16(12-17)9-4-10-16/h5-8H,4,9-11H2,1-3H3. The van der Waals surface area contributed by atoms with E-state index in [0.29, 0.717) is 0 Å². The van der Waals surface area contributed by atoms with Crippen LogP contribution in [0.1, 0.15) is 51.2 Å². The highest BCUT2D eigenvalue weighted by atomic mass is 14.4. The zero-order valence-corrected chi connectivity index (χ0v) is 11.1. The van der Waals surface area contributed by atoms with E-state index < -0.39 is 0 Å². The molecule has 0 spiro atoms. The number of nitrogens with zero attached hydrogens (tertiary/aromatic N) is 1. The smallest absolute Gasteiger partial charge is 0.0693 e. The molecule has 0 bridgehead atoms. The van der Waals surface area contributed by atoms with Crippen molar-refractivity contribution in [2.75, 3.05) is 0 Å². The summed E-state index contributed by atoms with van der Waals surface area (Å²) in [5, 5.41) is 9.23. The second-order valence-corrected chi connectivity index (χ2v) is 6.37. The van der Waals surface area contributed by atoms with E-state index in [-0.39, 0.29) is 10.8 Å². The van der Waals surface area contributed by atoms with Crippen molar-refractivity contribution in [3.05, 3.63) is 35.4 Å². The lowest BCUT2D eigenvalue weighted by Gasteiger charge is -2.35. The fourth-order valence-electron chi connectivity index (χ4n) is 2.44. The van der Waals surface area contributed by atoms with Gasteiger partial charge >= 0.3 is 0 Å². The van der Waals surface area contributed by atoms with Gasteiger partial charge in [-0.1, -0.05) is 51.5 Å². The van der Waals surface area contributed by atoms with Crippen LogP contribution >= 0.6 is 0 Å². The van der Waals surface area contributed by atoms with E-state index in [1.54, 1.807) is 0 Å². The molecule has 0 unspecified atom stereocenters. The van der Waals surface area contributed by atoms with Gasteiger partial charge in [-0.2, -0.15) is 5.26 Å². The van der Waals surface area contributed by atoms with Gasteiger partial charge in [-0.3, -0.25) is 0 Å². The number of nitriles is 1. The Morgan fingerprint density at radius 3 is 2.12 bits per heavy atom. The van der Waals surface area contributed by atoms with Crippen LogP contribution in [-0.2, 0) is 11.8 Å². The summed E-state index contributed by atoms with van der Waals surface area (Å²) in [4.78, 5) is 0. The van der Waals surface area contributed by atoms with Gasteiger partial charge < -0.3 is 0 Å². The summed E-state index contributed by atoms with van der Waals surface area (Å²) < 4.78 is 0. The van der Waals surface area contributed by atoms with Gasteiger partial charge in [-0.05, 0) is 35.8 Å². The predicted molar refractivity (Wildman–Crippen MR) is 70.7 cm³/mol. The molecule has 0 aromatic heterocycles. The number of hydrogen-bond donors (Lipinski definition) is 0. The molecule has 1 heteroatoms. The topological polar surface area (TPSA) is 23.8 Å². The Labute approximate surface area is 104 Å². The van der Waals surface area contributed by atoms with Gasteiger partial charge in [-0.25, -0.2) is 0 Å². The molecule has 0 radical (unpaired) electrons. The Hall–Kier alpha value is -1.29. The quantitative estimate of drug-likeness (QED) is 0.742. The van der Waals surface area contributed by atoms with Gasteiger partial charge in [0, 0.05) is 0 Å². The zero-order valence-electron chi connectivity index (χ0n) is 11.1. The van der Waals surface area contributed by atoms with Gasteiger partial charge in [0.25, 0.3) is 0 Å². The largest absolute Gasteiger partial charge is 0.198 e. The normalized spacial score (nSPS) is 18.2. The molecule has 1 aliphatic rings. The average molecular weight is 227 g/mol. The molecule has 1 aromatic carbocycles. The summed E-state index contributed by atoms with van der Waals surface area (Å²) in [5.41, 5.74) is 2.82. The first-order chi connectivity index (χ1) is 7.95. The molecule has 1 fully saturated rings. The van der Waals surface area contributed by atoms with Crippen LogP contribution in [0, 0.1) is 16.7 Å². The van der Waals surface area contributed by atoms with Crippen molar-refractivity contribution >= 4 is 0 Å². The maximum absolute atomic E-state index is 9.23. The van der Waals surface area contributed by atoms with E-state index in [1.807, 2.05) is 0 Å². The summed E-state index contributed by atoms with van der Waals surface area (Å²) >= 11 is 0. The van der Waals surface area contributed by atoms with Crippen molar-refractivity contribution in [2.24, 2.45) is 5.41 Å². The van der Waals surface area contributed by atoms with Crippen molar-refractivity contribution < 1.29 is 0 Å². The Kier molecular flexibility index (Phi) is 3.00. The van der Waals surface area contributed by atoms with Crippen molar-refractivity contribution in [1.29, 1.82) is 5.26 Å². The summed E-state index contributed by atoms with van der Waals surface area (Å²) in [6, 6.07) is 11.3. The van der Waals surface area contributed by atoms with Crippen molar-refractivity contribution in [3.63, 3.8) is 0 Å². The lowest BCUT2D eigenvalue weighted by Crippen LogP contribution is -2.29. The molecule has 2 rings (SSSR count). The maximum atomic E-state index is 9.23. The number of benzene rings is 1. The van der Waals surface area contributed by atoms with Crippen LogP contribution in [-0.4, -0.2) is 0 Å². The van der Waals surface area contributed by atoms with Gasteiger partial charge in [0.05, 0.1) is 11.5 Å². The Balaban J connectivity index is 2.12. The minimum atomic E-state index is -0.0523. The van der Waals surface area contributed by atoms with E-state index in [0.717, 1.165) is 19.3 Å². The molecule has 0 N–H and O–H groups in total. The van der Waals surface area contributed by atoms with Gasteiger partial charge in [0.2, 0.25) is 0 Å². The molecule has 1 aliphatic carbocycles. The molecule has 1 nitrogen and oxygen atoms in total. The highest BCUT2D eigenvalue weighted by molar-refractivity contribution is 5.29. The molecule has 0 aliphatic heterocycles. The second-order valence-electron chi connectivity index (χ2n) is 6.37. The molecule has 0 heterocycles. The number of rotatable bonds is 2. The first-order valence-electron chi connectivity index (χ1n) is 6.46. The fourth-order valence-corrected chi connectivity index (χ4v) is 2.44. The minimum Gasteiger partial charge on any atom is -0.198 e. The summed E-state index contributed by atoms with van der Waals surface area (Å²) in [6.45, 7) is 6.68. The van der Waals surface area contributed by atoms with E-state index in [4.69, 9.17) is 0 Å². The third kappa shape index (κ3) is 2.52. The fraction of sp³-hybridized carbons (Fsp3) is 0.562. The second kappa shape index (κ2) is 4.18. The molecule has 0 amide bonds. The van der Waals surface area contributed by atoms with Crippen LogP contribution in [0.3, 0.4) is 0 Å². The number of hydrogen-bond acceptors (Lipinski definition) is 1. The van der Waals surface area contributed by atoms with E-state index in [1.165, 1.54) is 17.5 Å². The maximum Gasteiger partial charge on any atom is 0.0693 e. The lowest BCUT2D eigenvalue weighted by molar-refractivity contribution is 0.214. The average Bonchev–Trinajstić information content (AvgIpc) is 2.23. The third-order valence-corrected chi connectivity index (χ3v) is 3.91. The van der Waals surface area contributed by atoms with Crippen LogP contribution in [0.4, 0.5) is 0 Å². The van der Waals surface area contributed by atoms with Crippen LogP contribution < -0.4 is 0 Å². The van der Waals surface area contributed by atoms with Crippen LogP contribution in [0.5, 0.6) is 0 Å². The van der Waals surface area contributed by atoms with Gasteiger partial charge in [0.15, 0.2) is 0 Å². The molecular formula is C16H21N. The van der Waals surface area contributed by atoms with E-state index in [9.17, 15) is 5.26 Å². The zero-order chi connectivity index (χ0) is 12.5. The van der Waals surface area contributed by atoms with Gasteiger partial charge in [0.1, 0.15) is 0 Å². The van der Waals surface area contributed by atoms with Crippen LogP contribution in [0.15, 0.2) is 24.3 Å². The molecule has 90 valence electrons. The predicted octanol–water partition coefficient (Wildman–Crippen LogP) is 4.22. The van der Waals surface area contributed by atoms with E-state index in [2.05, 4.69) is 51.1 Å². The lowest BCUT2D eigenvalue weighted by atomic mass is 9.66. The Bertz CT molecular complexity index is 424. The highest BCUT2D eigenvalue weighted by Crippen LogP contribution is 2.43.